The first-order chi connectivity index (χ1) is 14.2. The van der Waals surface area contributed by atoms with Crippen LogP contribution in [0.25, 0.3) is 0 Å². The van der Waals surface area contributed by atoms with E-state index >= 15 is 0 Å². The molecule has 0 radical (unpaired) electrons. The molecule has 2 aliphatic rings. The molecule has 1 aromatic rings. The van der Waals surface area contributed by atoms with Gasteiger partial charge in [0.15, 0.2) is 5.78 Å². The van der Waals surface area contributed by atoms with Crippen LogP contribution in [0.15, 0.2) is 58.2 Å². The second-order valence-electron chi connectivity index (χ2n) is 8.87. The van der Waals surface area contributed by atoms with Gasteiger partial charge in [0.2, 0.25) is 0 Å². The highest BCUT2D eigenvalue weighted by atomic mass is 35.5. The Morgan fingerprint density at radius 2 is 1.90 bits per heavy atom. The van der Waals surface area contributed by atoms with Crippen molar-refractivity contribution in [1.29, 1.82) is 0 Å². The van der Waals surface area contributed by atoms with Crippen LogP contribution in [-0.2, 0) is 16.0 Å². The Balaban J connectivity index is 1.58. The van der Waals surface area contributed by atoms with E-state index < -0.39 is 5.60 Å². The first-order valence-electron chi connectivity index (χ1n) is 10.4. The maximum Gasteiger partial charge on any atom is 0.407 e. The summed E-state index contributed by atoms with van der Waals surface area (Å²) < 4.78 is 5.33. The molecule has 0 saturated heterocycles. The van der Waals surface area contributed by atoms with Gasteiger partial charge in [0.1, 0.15) is 16.5 Å². The summed E-state index contributed by atoms with van der Waals surface area (Å²) in [5.74, 6) is -0.292. The van der Waals surface area contributed by atoms with Crippen molar-refractivity contribution < 1.29 is 14.3 Å². The van der Waals surface area contributed by atoms with E-state index in [-0.39, 0.29) is 23.8 Å². The molecule has 0 bridgehead atoms. The van der Waals surface area contributed by atoms with E-state index in [0.717, 1.165) is 36.8 Å². The number of aliphatic imine (C=N–C) groups is 1. The number of nitrogens with one attached hydrogen (secondary N) is 1. The fourth-order valence-electron chi connectivity index (χ4n) is 3.71. The lowest BCUT2D eigenvalue weighted by molar-refractivity contribution is -0.115. The quantitative estimate of drug-likeness (QED) is 0.658. The number of carbonyl (C=O) groups is 2. The zero-order valence-electron chi connectivity index (χ0n) is 17.8. The van der Waals surface area contributed by atoms with Crippen LogP contribution in [-0.4, -0.2) is 29.2 Å². The third-order valence-corrected chi connectivity index (χ3v) is 5.35. The normalized spacial score (nSPS) is 22.1. The van der Waals surface area contributed by atoms with Crippen LogP contribution < -0.4 is 5.32 Å². The standard InChI is InChI=1S/C24H29ClN2O3/c1-24(2,3)30-23(29)26-19-11-9-17(10-12-19)14-20-22(28)18(15-21(25)27-20)13-16-7-5-4-6-8-16/h4-8,14-15,18-19H,9-13H2,1-3H3,(H,26,29). The van der Waals surface area contributed by atoms with Crippen molar-refractivity contribution in [3.8, 4) is 0 Å². The third-order valence-electron chi connectivity index (χ3n) is 5.14. The van der Waals surface area contributed by atoms with Gasteiger partial charge in [0.25, 0.3) is 0 Å². The number of Topliss-reactive ketones (excluding diaryl/α,β-unsaturated/α-hetero) is 1. The molecule has 1 unspecified atom stereocenters. The summed E-state index contributed by atoms with van der Waals surface area (Å²) >= 11 is 6.22. The van der Waals surface area contributed by atoms with Crippen molar-refractivity contribution in [2.45, 2.75) is 64.5 Å². The van der Waals surface area contributed by atoms with E-state index in [1.807, 2.05) is 57.2 Å². The van der Waals surface area contributed by atoms with E-state index in [4.69, 9.17) is 16.3 Å². The Bertz CT molecular complexity index is 871. The van der Waals surface area contributed by atoms with Gasteiger partial charge in [-0.05, 0) is 70.6 Å². The summed E-state index contributed by atoms with van der Waals surface area (Å²) in [5, 5.41) is 3.30. The van der Waals surface area contributed by atoms with Crippen LogP contribution in [0.5, 0.6) is 0 Å². The van der Waals surface area contributed by atoms with Gasteiger partial charge >= 0.3 is 6.09 Å². The second kappa shape index (κ2) is 9.61. The zero-order chi connectivity index (χ0) is 21.7. The van der Waals surface area contributed by atoms with E-state index in [2.05, 4.69) is 10.3 Å². The maximum absolute atomic E-state index is 12.9. The smallest absolute Gasteiger partial charge is 0.407 e. The molecule has 1 aromatic carbocycles. The van der Waals surface area contributed by atoms with Gasteiger partial charge in [-0.25, -0.2) is 9.79 Å². The predicted molar refractivity (Wildman–Crippen MR) is 120 cm³/mol. The molecular weight excluding hydrogens is 400 g/mol. The Morgan fingerprint density at radius 1 is 1.23 bits per heavy atom. The molecule has 160 valence electrons. The van der Waals surface area contributed by atoms with Gasteiger partial charge in [-0.15, -0.1) is 0 Å². The number of alkyl carbamates (subject to hydrolysis) is 1. The van der Waals surface area contributed by atoms with Crippen LogP contribution >= 0.6 is 11.6 Å². The summed E-state index contributed by atoms with van der Waals surface area (Å²) in [4.78, 5) is 29.2. The van der Waals surface area contributed by atoms with Gasteiger partial charge in [0, 0.05) is 12.0 Å². The second-order valence-corrected chi connectivity index (χ2v) is 9.26. The van der Waals surface area contributed by atoms with Crippen molar-refractivity contribution in [3.63, 3.8) is 0 Å². The minimum atomic E-state index is -0.508. The summed E-state index contributed by atoms with van der Waals surface area (Å²) in [7, 11) is 0. The highest BCUT2D eigenvalue weighted by molar-refractivity contribution is 6.48. The van der Waals surface area contributed by atoms with E-state index in [1.54, 1.807) is 6.08 Å². The minimum absolute atomic E-state index is 0.00440. The number of benzene rings is 1. The number of carbonyl (C=O) groups excluding carboxylic acids is 2. The Morgan fingerprint density at radius 3 is 2.53 bits per heavy atom. The van der Waals surface area contributed by atoms with Crippen molar-refractivity contribution in [2.75, 3.05) is 0 Å². The molecule has 1 atom stereocenters. The highest BCUT2D eigenvalue weighted by Gasteiger charge is 2.27. The summed E-state index contributed by atoms with van der Waals surface area (Å²) in [5.41, 5.74) is 2.18. The molecule has 1 aliphatic heterocycles. The summed E-state index contributed by atoms with van der Waals surface area (Å²) in [6, 6.07) is 10.00. The summed E-state index contributed by atoms with van der Waals surface area (Å²) in [6.07, 6.45) is 7.08. The molecule has 1 fully saturated rings. The molecule has 30 heavy (non-hydrogen) atoms. The Kier molecular flexibility index (Phi) is 7.14. The van der Waals surface area contributed by atoms with Crippen molar-refractivity contribution >= 4 is 29.2 Å². The topological polar surface area (TPSA) is 67.8 Å². The first-order valence-corrected chi connectivity index (χ1v) is 10.8. The van der Waals surface area contributed by atoms with Gasteiger partial charge in [0.05, 0.1) is 0 Å². The molecule has 6 heteroatoms. The molecule has 1 N–H and O–H groups in total. The van der Waals surface area contributed by atoms with Crippen LogP contribution in [0.4, 0.5) is 4.79 Å². The Hall–Kier alpha value is -2.40. The lowest BCUT2D eigenvalue weighted by atomic mass is 9.87. The number of amides is 1. The van der Waals surface area contributed by atoms with Crippen LogP contribution in [0, 0.1) is 5.92 Å². The highest BCUT2D eigenvalue weighted by Crippen LogP contribution is 2.27. The SMILES string of the molecule is CC(C)(C)OC(=O)NC1CCC(=CC2=NC(Cl)=CC(Cc3ccccc3)C2=O)CC1. The lowest BCUT2D eigenvalue weighted by Crippen LogP contribution is -2.40. The minimum Gasteiger partial charge on any atom is -0.444 e. The largest absolute Gasteiger partial charge is 0.444 e. The molecule has 5 nitrogen and oxygen atoms in total. The van der Waals surface area contributed by atoms with Gasteiger partial charge in [-0.1, -0.05) is 47.5 Å². The summed E-state index contributed by atoms with van der Waals surface area (Å²) in [6.45, 7) is 5.54. The number of nitrogens with zero attached hydrogens (tertiary/aromatic N) is 1. The number of hydrogen-bond donors (Lipinski definition) is 1. The fourth-order valence-corrected chi connectivity index (χ4v) is 3.95. The number of ether oxygens (including phenoxy) is 1. The van der Waals surface area contributed by atoms with Crippen LogP contribution in [0.2, 0.25) is 0 Å². The van der Waals surface area contributed by atoms with Crippen molar-refractivity contribution in [1.82, 2.24) is 5.32 Å². The predicted octanol–water partition coefficient (Wildman–Crippen LogP) is 5.34. The monoisotopic (exact) mass is 428 g/mol. The maximum atomic E-state index is 12.9. The third kappa shape index (κ3) is 6.56. The molecule has 1 aliphatic carbocycles. The Labute approximate surface area is 183 Å². The number of halogens is 1. The molecular formula is C24H29ClN2O3. The first kappa shape index (κ1) is 22.3. The van der Waals surface area contributed by atoms with Crippen LogP contribution in [0.3, 0.4) is 0 Å². The molecule has 0 aromatic heterocycles. The van der Waals surface area contributed by atoms with Gasteiger partial charge in [-0.3, -0.25) is 4.79 Å². The average Bonchev–Trinajstić information content (AvgIpc) is 2.66. The van der Waals surface area contributed by atoms with E-state index in [1.165, 1.54) is 0 Å². The van der Waals surface area contributed by atoms with Gasteiger partial charge < -0.3 is 10.1 Å². The average molecular weight is 429 g/mol. The van der Waals surface area contributed by atoms with E-state index in [0.29, 0.717) is 17.3 Å². The molecule has 3 rings (SSSR count). The zero-order valence-corrected chi connectivity index (χ0v) is 18.5. The van der Waals surface area contributed by atoms with Crippen molar-refractivity contribution in [3.05, 3.63) is 58.8 Å². The molecule has 1 heterocycles. The fraction of sp³-hybridized carbons (Fsp3) is 0.458. The molecule has 1 saturated carbocycles. The van der Waals surface area contributed by atoms with Crippen LogP contribution in [0.1, 0.15) is 52.0 Å². The number of rotatable bonds is 4. The van der Waals surface area contributed by atoms with Crippen molar-refractivity contribution in [2.24, 2.45) is 10.9 Å². The van der Waals surface area contributed by atoms with Gasteiger partial charge in [-0.2, -0.15) is 0 Å². The molecule has 1 amide bonds. The lowest BCUT2D eigenvalue weighted by Gasteiger charge is -2.27. The molecule has 0 spiro atoms. The number of allylic oxidation sites excluding steroid dienone is 3. The number of hydrogen-bond acceptors (Lipinski definition) is 4. The number of ketones is 1. The van der Waals surface area contributed by atoms with E-state index in [9.17, 15) is 9.59 Å².